The van der Waals surface area contributed by atoms with Gasteiger partial charge in [0.25, 0.3) is 5.91 Å². The van der Waals surface area contributed by atoms with Gasteiger partial charge in [0.2, 0.25) is 0 Å². The molecule has 166 valence electrons. The predicted octanol–water partition coefficient (Wildman–Crippen LogP) is 3.95. The third-order valence-electron chi connectivity index (χ3n) is 6.45. The van der Waals surface area contributed by atoms with Crippen molar-refractivity contribution in [3.63, 3.8) is 0 Å². The molecule has 0 unspecified atom stereocenters. The number of likely N-dealkylation sites (tertiary alicyclic amines) is 1. The molecular formula is C25H27FN4O2. The Labute approximate surface area is 187 Å². The SMILES string of the molecule is COc1ccccc1N1CCN(c2c(C(=O)N3CCCC3)cnc3ccc(F)cc23)CC1. The molecule has 32 heavy (non-hydrogen) atoms. The summed E-state index contributed by atoms with van der Waals surface area (Å²) in [4.78, 5) is 24.2. The molecule has 2 aromatic carbocycles. The number of hydrogen-bond donors (Lipinski definition) is 0. The lowest BCUT2D eigenvalue weighted by Gasteiger charge is -2.39. The van der Waals surface area contributed by atoms with Gasteiger partial charge in [0.1, 0.15) is 11.6 Å². The molecule has 0 spiro atoms. The molecule has 2 fully saturated rings. The predicted molar refractivity (Wildman–Crippen MR) is 124 cm³/mol. The second kappa shape index (κ2) is 8.65. The third-order valence-corrected chi connectivity index (χ3v) is 6.45. The lowest BCUT2D eigenvalue weighted by molar-refractivity contribution is 0.0793. The minimum atomic E-state index is -0.320. The zero-order valence-electron chi connectivity index (χ0n) is 18.3. The summed E-state index contributed by atoms with van der Waals surface area (Å²) in [5.41, 5.74) is 3.13. The lowest BCUT2D eigenvalue weighted by atomic mass is 10.1. The topological polar surface area (TPSA) is 48.9 Å². The van der Waals surface area contributed by atoms with Crippen LogP contribution in [0.3, 0.4) is 0 Å². The average Bonchev–Trinajstić information content (AvgIpc) is 3.38. The van der Waals surface area contributed by atoms with Crippen LogP contribution >= 0.6 is 0 Å². The Morgan fingerprint density at radius 1 is 0.969 bits per heavy atom. The van der Waals surface area contributed by atoms with Crippen LogP contribution < -0.4 is 14.5 Å². The third kappa shape index (κ3) is 3.72. The van der Waals surface area contributed by atoms with E-state index in [4.69, 9.17) is 4.74 Å². The van der Waals surface area contributed by atoms with E-state index in [-0.39, 0.29) is 11.7 Å². The minimum Gasteiger partial charge on any atom is -0.495 e. The summed E-state index contributed by atoms with van der Waals surface area (Å²) < 4.78 is 19.8. The van der Waals surface area contributed by atoms with E-state index in [2.05, 4.69) is 20.9 Å². The first-order valence-corrected chi connectivity index (χ1v) is 11.2. The van der Waals surface area contributed by atoms with Gasteiger partial charge in [-0.25, -0.2) is 4.39 Å². The van der Waals surface area contributed by atoms with E-state index in [1.54, 1.807) is 19.4 Å². The fourth-order valence-electron chi connectivity index (χ4n) is 4.80. The van der Waals surface area contributed by atoms with Crippen molar-refractivity contribution in [2.24, 2.45) is 0 Å². The highest BCUT2D eigenvalue weighted by Crippen LogP contribution is 2.34. The molecule has 7 heteroatoms. The van der Waals surface area contributed by atoms with Crippen molar-refractivity contribution >= 4 is 28.2 Å². The van der Waals surface area contributed by atoms with Gasteiger partial charge < -0.3 is 19.4 Å². The second-order valence-electron chi connectivity index (χ2n) is 8.33. The Morgan fingerprint density at radius 3 is 2.44 bits per heavy atom. The van der Waals surface area contributed by atoms with Gasteiger partial charge >= 0.3 is 0 Å². The number of pyridine rings is 1. The Bertz CT molecular complexity index is 1140. The van der Waals surface area contributed by atoms with Crippen LogP contribution in [-0.4, -0.2) is 62.2 Å². The zero-order chi connectivity index (χ0) is 22.1. The summed E-state index contributed by atoms with van der Waals surface area (Å²) in [6, 6.07) is 12.6. The van der Waals surface area contributed by atoms with Crippen LogP contribution in [0.15, 0.2) is 48.7 Å². The Kier molecular flexibility index (Phi) is 5.55. The van der Waals surface area contributed by atoms with E-state index in [9.17, 15) is 9.18 Å². The highest BCUT2D eigenvalue weighted by Gasteiger charge is 2.28. The van der Waals surface area contributed by atoms with E-state index in [1.807, 2.05) is 23.1 Å². The van der Waals surface area contributed by atoms with Crippen LogP contribution in [0.2, 0.25) is 0 Å². The first kappa shape index (κ1) is 20.5. The summed E-state index contributed by atoms with van der Waals surface area (Å²) in [6.45, 7) is 4.51. The van der Waals surface area contributed by atoms with Crippen LogP contribution in [0.1, 0.15) is 23.2 Å². The molecule has 0 N–H and O–H groups in total. The minimum absolute atomic E-state index is 0.0108. The van der Waals surface area contributed by atoms with Crippen molar-refractivity contribution in [3.8, 4) is 5.75 Å². The van der Waals surface area contributed by atoms with Gasteiger partial charge in [-0.05, 0) is 43.2 Å². The number of amides is 1. The molecule has 2 aliphatic rings. The van der Waals surface area contributed by atoms with Crippen molar-refractivity contribution in [2.75, 3.05) is 56.2 Å². The number of carbonyl (C=O) groups is 1. The lowest BCUT2D eigenvalue weighted by Crippen LogP contribution is -2.47. The Balaban J connectivity index is 1.49. The molecule has 0 atom stereocenters. The molecule has 6 nitrogen and oxygen atoms in total. The molecule has 0 bridgehead atoms. The summed E-state index contributed by atoms with van der Waals surface area (Å²) in [6.07, 6.45) is 3.71. The number of rotatable bonds is 4. The van der Waals surface area contributed by atoms with Crippen LogP contribution in [0, 0.1) is 5.82 Å². The molecule has 0 aliphatic carbocycles. The van der Waals surface area contributed by atoms with Crippen molar-refractivity contribution in [1.29, 1.82) is 0 Å². The molecule has 2 aliphatic heterocycles. The van der Waals surface area contributed by atoms with E-state index >= 15 is 0 Å². The molecule has 0 radical (unpaired) electrons. The zero-order valence-corrected chi connectivity index (χ0v) is 18.3. The molecule has 3 heterocycles. The quantitative estimate of drug-likeness (QED) is 0.623. The number of halogens is 1. The second-order valence-corrected chi connectivity index (χ2v) is 8.33. The molecule has 2 saturated heterocycles. The summed E-state index contributed by atoms with van der Waals surface area (Å²) in [5, 5.41) is 0.695. The Morgan fingerprint density at radius 2 is 1.69 bits per heavy atom. The smallest absolute Gasteiger partial charge is 0.257 e. The van der Waals surface area contributed by atoms with Crippen molar-refractivity contribution < 1.29 is 13.9 Å². The highest BCUT2D eigenvalue weighted by molar-refractivity contribution is 6.07. The van der Waals surface area contributed by atoms with E-state index in [0.717, 1.165) is 56.1 Å². The summed E-state index contributed by atoms with van der Waals surface area (Å²) in [7, 11) is 1.68. The van der Waals surface area contributed by atoms with Gasteiger partial charge in [-0.1, -0.05) is 12.1 Å². The van der Waals surface area contributed by atoms with Crippen molar-refractivity contribution in [3.05, 3.63) is 60.0 Å². The van der Waals surface area contributed by atoms with E-state index in [0.29, 0.717) is 29.6 Å². The van der Waals surface area contributed by atoms with Gasteiger partial charge in [0.05, 0.1) is 29.6 Å². The number of carbonyl (C=O) groups excluding carboxylic acids is 1. The number of hydrogen-bond acceptors (Lipinski definition) is 5. The van der Waals surface area contributed by atoms with Crippen LogP contribution in [0.4, 0.5) is 15.8 Å². The first-order chi connectivity index (χ1) is 15.7. The highest BCUT2D eigenvalue weighted by atomic mass is 19.1. The molecule has 3 aromatic rings. The average molecular weight is 435 g/mol. The number of fused-ring (bicyclic) bond motifs is 1. The molecular weight excluding hydrogens is 407 g/mol. The van der Waals surface area contributed by atoms with Gasteiger partial charge in [-0.2, -0.15) is 0 Å². The number of nitrogens with zero attached hydrogens (tertiary/aromatic N) is 4. The largest absolute Gasteiger partial charge is 0.495 e. The van der Waals surface area contributed by atoms with Crippen LogP contribution in [0.25, 0.3) is 10.9 Å². The van der Waals surface area contributed by atoms with Gasteiger partial charge in [-0.3, -0.25) is 9.78 Å². The van der Waals surface area contributed by atoms with Crippen molar-refractivity contribution in [2.45, 2.75) is 12.8 Å². The van der Waals surface area contributed by atoms with Gasteiger partial charge in [0.15, 0.2) is 0 Å². The first-order valence-electron chi connectivity index (χ1n) is 11.2. The number of methoxy groups -OCH3 is 1. The Hall–Kier alpha value is -3.35. The fraction of sp³-hybridized carbons (Fsp3) is 0.360. The monoisotopic (exact) mass is 434 g/mol. The van der Waals surface area contributed by atoms with E-state index < -0.39 is 0 Å². The standard InChI is InChI=1S/C25H27FN4O2/c1-32-23-7-3-2-6-22(23)28-12-14-29(15-13-28)24-19-16-18(26)8-9-21(19)27-17-20(24)25(31)30-10-4-5-11-30/h2-3,6-9,16-17H,4-5,10-15H2,1H3. The molecule has 5 rings (SSSR count). The maximum absolute atomic E-state index is 14.2. The number of anilines is 2. The maximum atomic E-state index is 14.2. The summed E-state index contributed by atoms with van der Waals surface area (Å²) >= 11 is 0. The van der Waals surface area contributed by atoms with Crippen LogP contribution in [-0.2, 0) is 0 Å². The fourth-order valence-corrected chi connectivity index (χ4v) is 4.80. The number of para-hydroxylation sites is 2. The molecule has 1 amide bonds. The number of piperazine rings is 1. The van der Waals surface area contributed by atoms with Gasteiger partial charge in [-0.15, -0.1) is 0 Å². The van der Waals surface area contributed by atoms with Gasteiger partial charge in [0, 0.05) is 50.9 Å². The molecule has 1 aromatic heterocycles. The number of aromatic nitrogens is 1. The maximum Gasteiger partial charge on any atom is 0.257 e. The summed E-state index contributed by atoms with van der Waals surface area (Å²) in [5.74, 6) is 0.518. The van der Waals surface area contributed by atoms with Crippen molar-refractivity contribution in [1.82, 2.24) is 9.88 Å². The number of ether oxygens (including phenoxy) is 1. The number of benzene rings is 2. The normalized spacial score (nSPS) is 16.6. The molecule has 0 saturated carbocycles. The van der Waals surface area contributed by atoms with E-state index in [1.165, 1.54) is 12.1 Å². The van der Waals surface area contributed by atoms with Crippen LogP contribution in [0.5, 0.6) is 5.75 Å².